The lowest BCUT2D eigenvalue weighted by Gasteiger charge is -2.34. The van der Waals surface area contributed by atoms with Crippen molar-refractivity contribution in [1.29, 1.82) is 0 Å². The highest BCUT2D eigenvalue weighted by Crippen LogP contribution is 2.20. The maximum absolute atomic E-state index is 5.89. The maximum Gasteiger partial charge on any atom is 0.247 e. The van der Waals surface area contributed by atoms with Gasteiger partial charge in [-0.15, -0.1) is 10.2 Å². The molecule has 0 bridgehead atoms. The highest BCUT2D eigenvalue weighted by molar-refractivity contribution is 5.53. The SMILES string of the molecule is Cc1cccc(-c2nnc(CN3CCN(Cc4ccccc4C)CC3)o2)c1. The van der Waals surface area contributed by atoms with Crippen LogP contribution in [-0.2, 0) is 13.1 Å². The first-order valence-electron chi connectivity index (χ1n) is 9.56. The number of rotatable bonds is 5. The Morgan fingerprint density at radius 3 is 2.33 bits per heavy atom. The Balaban J connectivity index is 1.31. The van der Waals surface area contributed by atoms with Crippen LogP contribution in [0, 0.1) is 13.8 Å². The molecule has 0 amide bonds. The van der Waals surface area contributed by atoms with Gasteiger partial charge in [-0.3, -0.25) is 9.80 Å². The van der Waals surface area contributed by atoms with Crippen molar-refractivity contribution < 1.29 is 4.42 Å². The molecule has 27 heavy (non-hydrogen) atoms. The molecule has 2 heterocycles. The van der Waals surface area contributed by atoms with Gasteiger partial charge >= 0.3 is 0 Å². The van der Waals surface area contributed by atoms with E-state index in [1.807, 2.05) is 12.1 Å². The van der Waals surface area contributed by atoms with Crippen LogP contribution >= 0.6 is 0 Å². The lowest BCUT2D eigenvalue weighted by Crippen LogP contribution is -2.45. The summed E-state index contributed by atoms with van der Waals surface area (Å²) in [7, 11) is 0. The summed E-state index contributed by atoms with van der Waals surface area (Å²) in [5, 5.41) is 8.46. The maximum atomic E-state index is 5.89. The molecule has 5 nitrogen and oxygen atoms in total. The normalized spacial score (nSPS) is 15.9. The van der Waals surface area contributed by atoms with Gasteiger partial charge in [-0.1, -0.05) is 42.0 Å². The van der Waals surface area contributed by atoms with Crippen molar-refractivity contribution in [2.45, 2.75) is 26.9 Å². The summed E-state index contributed by atoms with van der Waals surface area (Å²) in [5.41, 5.74) is 4.97. The quantitative estimate of drug-likeness (QED) is 0.693. The second-order valence-electron chi connectivity index (χ2n) is 7.35. The molecular formula is C22H26N4O. The van der Waals surface area contributed by atoms with Gasteiger partial charge in [0.05, 0.1) is 6.54 Å². The summed E-state index contributed by atoms with van der Waals surface area (Å²) in [6.07, 6.45) is 0. The average Bonchev–Trinajstić information content (AvgIpc) is 3.14. The van der Waals surface area contributed by atoms with E-state index in [-0.39, 0.29) is 0 Å². The van der Waals surface area contributed by atoms with Crippen LogP contribution < -0.4 is 0 Å². The van der Waals surface area contributed by atoms with Crippen LogP contribution in [0.1, 0.15) is 22.6 Å². The molecule has 0 unspecified atom stereocenters. The van der Waals surface area contributed by atoms with Crippen LogP contribution in [-0.4, -0.2) is 46.2 Å². The zero-order valence-corrected chi connectivity index (χ0v) is 16.1. The van der Waals surface area contributed by atoms with Crippen LogP contribution in [0.2, 0.25) is 0 Å². The van der Waals surface area contributed by atoms with Crippen LogP contribution in [0.5, 0.6) is 0 Å². The number of hydrogen-bond donors (Lipinski definition) is 0. The predicted molar refractivity (Wildman–Crippen MR) is 106 cm³/mol. The molecule has 0 radical (unpaired) electrons. The molecule has 1 fully saturated rings. The second-order valence-corrected chi connectivity index (χ2v) is 7.35. The standard InChI is InChI=1S/C22H26N4O/c1-17-6-5-9-19(14-17)22-24-23-21(27-22)16-26-12-10-25(11-13-26)15-20-8-4-3-7-18(20)2/h3-9,14H,10-13,15-16H2,1-2H3. The molecule has 0 spiro atoms. The van der Waals surface area contributed by atoms with Gasteiger partial charge in [-0.25, -0.2) is 0 Å². The van der Waals surface area contributed by atoms with E-state index in [0.717, 1.165) is 44.8 Å². The average molecular weight is 362 g/mol. The lowest BCUT2D eigenvalue weighted by atomic mass is 10.1. The Hall–Kier alpha value is -2.50. The zero-order valence-electron chi connectivity index (χ0n) is 16.1. The number of nitrogens with zero attached hydrogens (tertiary/aromatic N) is 4. The predicted octanol–water partition coefficient (Wildman–Crippen LogP) is 3.67. The molecule has 0 aliphatic carbocycles. The van der Waals surface area contributed by atoms with Gasteiger partial charge in [0.25, 0.3) is 0 Å². The van der Waals surface area contributed by atoms with E-state index in [4.69, 9.17) is 4.42 Å². The van der Waals surface area contributed by atoms with Gasteiger partial charge in [0.15, 0.2) is 0 Å². The number of hydrogen-bond acceptors (Lipinski definition) is 5. The van der Waals surface area contributed by atoms with Gasteiger partial charge in [0, 0.05) is 38.3 Å². The Bertz CT molecular complexity index is 897. The molecule has 0 atom stereocenters. The summed E-state index contributed by atoms with van der Waals surface area (Å²) in [4.78, 5) is 4.91. The van der Waals surface area contributed by atoms with Crippen LogP contribution in [0.4, 0.5) is 0 Å². The minimum atomic E-state index is 0.604. The van der Waals surface area contributed by atoms with Crippen LogP contribution in [0.25, 0.3) is 11.5 Å². The van der Waals surface area contributed by atoms with Gasteiger partial charge in [0.1, 0.15) is 0 Å². The highest BCUT2D eigenvalue weighted by Gasteiger charge is 2.20. The number of aryl methyl sites for hydroxylation is 2. The second kappa shape index (κ2) is 8.03. The largest absolute Gasteiger partial charge is 0.419 e. The van der Waals surface area contributed by atoms with Gasteiger partial charge in [-0.2, -0.15) is 0 Å². The summed E-state index contributed by atoms with van der Waals surface area (Å²) < 4.78 is 5.89. The molecule has 0 saturated carbocycles. The van der Waals surface area contributed by atoms with Crippen molar-refractivity contribution in [3.05, 3.63) is 71.1 Å². The fraction of sp³-hybridized carbons (Fsp3) is 0.364. The fourth-order valence-electron chi connectivity index (χ4n) is 3.54. The van der Waals surface area contributed by atoms with E-state index in [1.54, 1.807) is 0 Å². The highest BCUT2D eigenvalue weighted by atomic mass is 16.4. The zero-order chi connectivity index (χ0) is 18.6. The summed E-state index contributed by atoms with van der Waals surface area (Å²) >= 11 is 0. The van der Waals surface area contributed by atoms with Crippen molar-refractivity contribution in [3.63, 3.8) is 0 Å². The third-order valence-corrected chi connectivity index (χ3v) is 5.21. The Morgan fingerprint density at radius 2 is 1.59 bits per heavy atom. The first-order chi connectivity index (χ1) is 13.2. The molecule has 4 rings (SSSR count). The van der Waals surface area contributed by atoms with E-state index in [9.17, 15) is 0 Å². The van der Waals surface area contributed by atoms with Crippen molar-refractivity contribution in [3.8, 4) is 11.5 Å². The summed E-state index contributed by atoms with van der Waals surface area (Å²) in [6, 6.07) is 16.8. The van der Waals surface area contributed by atoms with Crippen molar-refractivity contribution in [2.75, 3.05) is 26.2 Å². The summed E-state index contributed by atoms with van der Waals surface area (Å²) in [6.45, 7) is 10.2. The van der Waals surface area contributed by atoms with E-state index in [2.05, 4.69) is 70.2 Å². The van der Waals surface area contributed by atoms with Crippen LogP contribution in [0.15, 0.2) is 52.9 Å². The smallest absolute Gasteiger partial charge is 0.247 e. The Labute approximate surface area is 160 Å². The van der Waals surface area contributed by atoms with E-state index in [0.29, 0.717) is 11.8 Å². The Morgan fingerprint density at radius 1 is 0.852 bits per heavy atom. The third kappa shape index (κ3) is 4.43. The molecule has 1 saturated heterocycles. The number of benzene rings is 2. The van der Waals surface area contributed by atoms with Crippen molar-refractivity contribution >= 4 is 0 Å². The molecule has 0 N–H and O–H groups in total. The lowest BCUT2D eigenvalue weighted by molar-refractivity contribution is 0.114. The first-order valence-corrected chi connectivity index (χ1v) is 9.56. The molecule has 1 aromatic heterocycles. The molecule has 3 aromatic rings. The molecule has 140 valence electrons. The minimum Gasteiger partial charge on any atom is -0.419 e. The van der Waals surface area contributed by atoms with Crippen molar-refractivity contribution in [2.24, 2.45) is 0 Å². The number of aromatic nitrogens is 2. The van der Waals surface area contributed by atoms with Gasteiger partial charge < -0.3 is 4.42 Å². The minimum absolute atomic E-state index is 0.604. The van der Waals surface area contributed by atoms with Crippen LogP contribution in [0.3, 0.4) is 0 Å². The van der Waals surface area contributed by atoms with E-state index >= 15 is 0 Å². The van der Waals surface area contributed by atoms with Crippen molar-refractivity contribution in [1.82, 2.24) is 20.0 Å². The molecule has 5 heteroatoms. The van der Waals surface area contributed by atoms with Gasteiger partial charge in [0.2, 0.25) is 11.8 Å². The fourth-order valence-corrected chi connectivity index (χ4v) is 3.54. The third-order valence-electron chi connectivity index (χ3n) is 5.21. The topological polar surface area (TPSA) is 45.4 Å². The van der Waals surface area contributed by atoms with E-state index in [1.165, 1.54) is 16.7 Å². The molecule has 2 aromatic carbocycles. The number of piperazine rings is 1. The molecular weight excluding hydrogens is 336 g/mol. The monoisotopic (exact) mass is 362 g/mol. The molecule has 1 aliphatic heterocycles. The van der Waals surface area contributed by atoms with E-state index < -0.39 is 0 Å². The molecule has 1 aliphatic rings. The van der Waals surface area contributed by atoms with Gasteiger partial charge in [-0.05, 0) is 37.1 Å². The summed E-state index contributed by atoms with van der Waals surface area (Å²) in [5.74, 6) is 1.30. The Kier molecular flexibility index (Phi) is 5.32. The first kappa shape index (κ1) is 17.9.